The van der Waals surface area contributed by atoms with Gasteiger partial charge in [-0.3, -0.25) is 4.72 Å². The van der Waals surface area contributed by atoms with Gasteiger partial charge in [0.2, 0.25) is 0 Å². The number of rotatable bonds is 5. The van der Waals surface area contributed by atoms with Crippen molar-refractivity contribution in [2.75, 3.05) is 35.9 Å². The van der Waals surface area contributed by atoms with Crippen molar-refractivity contribution in [3.05, 3.63) is 64.6 Å². The highest BCUT2D eigenvalue weighted by molar-refractivity contribution is 7.92. The predicted molar refractivity (Wildman–Crippen MR) is 118 cm³/mol. The van der Waals surface area contributed by atoms with Crippen LogP contribution in [0.2, 0.25) is 10.0 Å². The van der Waals surface area contributed by atoms with Crippen molar-refractivity contribution in [3.8, 4) is 11.3 Å². The number of halogens is 2. The van der Waals surface area contributed by atoms with Gasteiger partial charge in [0.25, 0.3) is 10.0 Å². The Morgan fingerprint density at radius 3 is 2.47 bits per heavy atom. The lowest BCUT2D eigenvalue weighted by atomic mass is 10.1. The summed E-state index contributed by atoms with van der Waals surface area (Å²) < 4.78 is 33.4. The molecule has 1 aliphatic rings. The zero-order chi connectivity index (χ0) is 21.1. The van der Waals surface area contributed by atoms with Gasteiger partial charge in [-0.05, 0) is 36.4 Å². The van der Waals surface area contributed by atoms with Crippen LogP contribution in [0.25, 0.3) is 11.3 Å². The van der Waals surface area contributed by atoms with Gasteiger partial charge in [0, 0.05) is 24.3 Å². The molecule has 3 aromatic rings. The molecule has 0 saturated carbocycles. The Hall–Kier alpha value is -2.39. The van der Waals surface area contributed by atoms with Gasteiger partial charge in [0.05, 0.1) is 29.0 Å². The van der Waals surface area contributed by atoms with Crippen LogP contribution in [0, 0.1) is 0 Å². The third-order valence-corrected chi connectivity index (χ3v) is 6.96. The third kappa shape index (κ3) is 4.52. The maximum absolute atomic E-state index is 12.7. The summed E-state index contributed by atoms with van der Waals surface area (Å²) >= 11 is 12.0. The summed E-state index contributed by atoms with van der Waals surface area (Å²) in [6.07, 6.45) is 0. The topological polar surface area (TPSA) is 84.4 Å². The molecule has 0 amide bonds. The van der Waals surface area contributed by atoms with Gasteiger partial charge < -0.3 is 9.64 Å². The molecule has 1 aliphatic heterocycles. The molecule has 1 aromatic heterocycles. The average Bonchev–Trinajstić information content (AvgIpc) is 2.76. The Morgan fingerprint density at radius 2 is 1.73 bits per heavy atom. The fourth-order valence-corrected chi connectivity index (χ4v) is 4.90. The van der Waals surface area contributed by atoms with Gasteiger partial charge in [-0.15, -0.1) is 10.2 Å². The SMILES string of the molecule is O=S(=O)(Nc1cccc(-c2ccc(N3CCOCC3)nn2)c1)c1cccc(Cl)c1Cl. The molecule has 2 heterocycles. The minimum atomic E-state index is -3.91. The normalized spacial score (nSPS) is 14.5. The van der Waals surface area contributed by atoms with Crippen molar-refractivity contribution in [3.63, 3.8) is 0 Å². The Balaban J connectivity index is 1.56. The number of sulfonamides is 1. The Kier molecular flexibility index (Phi) is 6.10. The first-order valence-electron chi connectivity index (χ1n) is 9.18. The largest absolute Gasteiger partial charge is 0.378 e. The van der Waals surface area contributed by atoms with Gasteiger partial charge in [-0.2, -0.15) is 0 Å². The summed E-state index contributed by atoms with van der Waals surface area (Å²) in [6.45, 7) is 2.89. The lowest BCUT2D eigenvalue weighted by molar-refractivity contribution is 0.122. The molecule has 0 radical (unpaired) electrons. The lowest BCUT2D eigenvalue weighted by Gasteiger charge is -2.27. The molecular formula is C20H18Cl2N4O3S. The molecule has 7 nitrogen and oxygen atoms in total. The lowest BCUT2D eigenvalue weighted by Crippen LogP contribution is -2.36. The van der Waals surface area contributed by atoms with Crippen LogP contribution >= 0.6 is 23.2 Å². The molecular weight excluding hydrogens is 447 g/mol. The summed E-state index contributed by atoms with van der Waals surface area (Å²) in [5.74, 6) is 0.787. The van der Waals surface area contributed by atoms with Crippen LogP contribution in [0.15, 0.2) is 59.5 Å². The fourth-order valence-electron chi connectivity index (χ4n) is 3.08. The summed E-state index contributed by atoms with van der Waals surface area (Å²) in [4.78, 5) is 2.02. The monoisotopic (exact) mass is 464 g/mol. The van der Waals surface area contributed by atoms with E-state index in [1.807, 2.05) is 18.2 Å². The summed E-state index contributed by atoms with van der Waals surface area (Å²) in [7, 11) is -3.91. The van der Waals surface area contributed by atoms with Crippen LogP contribution in [0.3, 0.4) is 0 Å². The van der Waals surface area contributed by atoms with Gasteiger partial charge in [0.1, 0.15) is 4.90 Å². The number of anilines is 2. The van der Waals surface area contributed by atoms with E-state index in [9.17, 15) is 8.42 Å². The molecule has 156 valence electrons. The molecule has 0 spiro atoms. The molecule has 2 aromatic carbocycles. The van der Waals surface area contributed by atoms with Crippen LogP contribution < -0.4 is 9.62 Å². The molecule has 4 rings (SSSR count). The maximum atomic E-state index is 12.7. The third-order valence-electron chi connectivity index (χ3n) is 4.60. The highest BCUT2D eigenvalue weighted by Crippen LogP contribution is 2.31. The van der Waals surface area contributed by atoms with Gasteiger partial charge in [-0.1, -0.05) is 41.4 Å². The number of nitrogens with one attached hydrogen (secondary N) is 1. The van der Waals surface area contributed by atoms with Crippen molar-refractivity contribution in [1.29, 1.82) is 0 Å². The van der Waals surface area contributed by atoms with E-state index < -0.39 is 10.0 Å². The van der Waals surface area contributed by atoms with E-state index in [1.54, 1.807) is 18.2 Å². The van der Waals surface area contributed by atoms with E-state index in [4.69, 9.17) is 27.9 Å². The Labute approximate surface area is 184 Å². The zero-order valence-corrected chi connectivity index (χ0v) is 18.1. The van der Waals surface area contributed by atoms with E-state index in [0.29, 0.717) is 24.6 Å². The fraction of sp³-hybridized carbons (Fsp3) is 0.200. The molecule has 0 atom stereocenters. The molecule has 10 heteroatoms. The van der Waals surface area contributed by atoms with Crippen LogP contribution in [0.5, 0.6) is 0 Å². The smallest absolute Gasteiger partial charge is 0.263 e. The number of nitrogens with zero attached hydrogens (tertiary/aromatic N) is 3. The average molecular weight is 465 g/mol. The first kappa shape index (κ1) is 20.9. The summed E-state index contributed by atoms with van der Waals surface area (Å²) in [6, 6.07) is 15.1. The number of hydrogen-bond donors (Lipinski definition) is 1. The second-order valence-corrected chi connectivity index (χ2v) is 9.05. The second kappa shape index (κ2) is 8.77. The number of benzene rings is 2. The first-order valence-corrected chi connectivity index (χ1v) is 11.4. The maximum Gasteiger partial charge on any atom is 0.263 e. The molecule has 0 unspecified atom stereocenters. The zero-order valence-electron chi connectivity index (χ0n) is 15.8. The molecule has 0 bridgehead atoms. The Morgan fingerprint density at radius 1 is 0.967 bits per heavy atom. The Bertz CT molecular complexity index is 1150. The van der Waals surface area contributed by atoms with E-state index in [2.05, 4.69) is 19.8 Å². The van der Waals surface area contributed by atoms with Gasteiger partial charge in [0.15, 0.2) is 5.82 Å². The quantitative estimate of drug-likeness (QED) is 0.611. The van der Waals surface area contributed by atoms with Crippen molar-refractivity contribution < 1.29 is 13.2 Å². The first-order chi connectivity index (χ1) is 14.4. The number of ether oxygens (including phenoxy) is 1. The van der Waals surface area contributed by atoms with E-state index in [0.717, 1.165) is 24.5 Å². The number of morpholine rings is 1. The molecule has 1 saturated heterocycles. The highest BCUT2D eigenvalue weighted by Gasteiger charge is 2.20. The van der Waals surface area contributed by atoms with E-state index >= 15 is 0 Å². The second-order valence-electron chi connectivity index (χ2n) is 6.61. The van der Waals surface area contributed by atoms with Crippen molar-refractivity contribution in [1.82, 2.24) is 10.2 Å². The van der Waals surface area contributed by atoms with Crippen molar-refractivity contribution >= 4 is 44.7 Å². The van der Waals surface area contributed by atoms with Gasteiger partial charge in [-0.25, -0.2) is 8.42 Å². The van der Waals surface area contributed by atoms with Crippen LogP contribution in [-0.2, 0) is 14.8 Å². The molecule has 0 aliphatic carbocycles. The minimum absolute atomic E-state index is 0.0209. The summed E-state index contributed by atoms with van der Waals surface area (Å²) in [5, 5.41) is 8.75. The standard InChI is InChI=1S/C20H18Cl2N4O3S/c21-16-5-2-6-18(20(16)22)30(27,28)25-15-4-1-3-14(13-15)17-7-8-19(24-23-17)26-9-11-29-12-10-26/h1-8,13,25H,9-12H2. The van der Waals surface area contributed by atoms with Crippen molar-refractivity contribution in [2.45, 2.75) is 4.90 Å². The molecule has 1 fully saturated rings. The van der Waals surface area contributed by atoms with E-state index in [-0.39, 0.29) is 14.9 Å². The minimum Gasteiger partial charge on any atom is -0.378 e. The van der Waals surface area contributed by atoms with Crippen LogP contribution in [0.4, 0.5) is 11.5 Å². The predicted octanol–water partition coefficient (Wildman–Crippen LogP) is 4.09. The molecule has 1 N–H and O–H groups in total. The molecule has 30 heavy (non-hydrogen) atoms. The van der Waals surface area contributed by atoms with Crippen LogP contribution in [0.1, 0.15) is 0 Å². The number of aromatic nitrogens is 2. The van der Waals surface area contributed by atoms with Crippen LogP contribution in [-0.4, -0.2) is 44.9 Å². The highest BCUT2D eigenvalue weighted by atomic mass is 35.5. The van der Waals surface area contributed by atoms with Crippen molar-refractivity contribution in [2.24, 2.45) is 0 Å². The van der Waals surface area contributed by atoms with E-state index in [1.165, 1.54) is 18.2 Å². The van der Waals surface area contributed by atoms with Gasteiger partial charge >= 0.3 is 0 Å². The number of hydrogen-bond acceptors (Lipinski definition) is 6. The summed E-state index contributed by atoms with van der Waals surface area (Å²) in [5.41, 5.74) is 1.74.